The van der Waals surface area contributed by atoms with Crippen LogP contribution in [0.4, 0.5) is 0 Å². The van der Waals surface area contributed by atoms with Gasteiger partial charge in [-0.25, -0.2) is 4.79 Å². The molecule has 0 fully saturated rings. The van der Waals surface area contributed by atoms with Crippen LogP contribution in [0.25, 0.3) is 0 Å². The second-order valence-corrected chi connectivity index (χ2v) is 5.28. The summed E-state index contributed by atoms with van der Waals surface area (Å²) < 4.78 is 10.5. The number of esters is 1. The average molecular weight is 341 g/mol. The smallest absolute Gasteiger partial charge is 0.340 e. The van der Waals surface area contributed by atoms with E-state index in [-0.39, 0.29) is 21.1 Å². The summed E-state index contributed by atoms with van der Waals surface area (Å²) in [4.78, 5) is 34.1. The summed E-state index contributed by atoms with van der Waals surface area (Å²) in [6.07, 6.45) is -0.845. The Hall–Kier alpha value is -2.21. The zero-order valence-corrected chi connectivity index (χ0v) is 13.4. The first-order chi connectivity index (χ1) is 10.9. The molecule has 0 saturated carbocycles. The molecule has 0 aromatic heterocycles. The summed E-state index contributed by atoms with van der Waals surface area (Å²) in [6.45, 7) is 1.47. The lowest BCUT2D eigenvalue weighted by molar-refractivity contribution is -0.164. The summed E-state index contributed by atoms with van der Waals surface area (Å²) in [5, 5.41) is 8.93. The van der Waals surface area contributed by atoms with Gasteiger partial charge in [0.25, 0.3) is 0 Å². The molecule has 2 unspecified atom stereocenters. The number of benzene rings is 1. The van der Waals surface area contributed by atoms with Crippen molar-refractivity contribution in [1.82, 2.24) is 0 Å². The van der Waals surface area contributed by atoms with Crippen LogP contribution >= 0.6 is 0 Å². The fourth-order valence-electron chi connectivity index (χ4n) is 2.20. The maximum atomic E-state index is 12.3. The van der Waals surface area contributed by atoms with Crippen LogP contribution in [0, 0.1) is 0 Å². The van der Waals surface area contributed by atoms with E-state index in [4.69, 9.17) is 14.6 Å². The molecule has 0 saturated heterocycles. The van der Waals surface area contributed by atoms with Gasteiger partial charge in [0.1, 0.15) is 11.9 Å². The minimum Gasteiger partial charge on any atom is -0.481 e. The van der Waals surface area contributed by atoms with Gasteiger partial charge in [-0.1, -0.05) is 37.8 Å². The number of rotatable bonds is 10. The minimum atomic E-state index is -1.06. The number of hydrogen-bond donors (Lipinski definition) is 1. The van der Waals surface area contributed by atoms with Gasteiger partial charge < -0.3 is 19.4 Å². The van der Waals surface area contributed by atoms with Crippen molar-refractivity contribution in [1.29, 1.82) is 0 Å². The summed E-state index contributed by atoms with van der Waals surface area (Å²) in [5.74, 6) is -1.67. The number of aliphatic carboxylic acids is 1. The second-order valence-electron chi connectivity index (χ2n) is 5.28. The molecule has 0 radical (unpaired) electrons. The molecule has 0 aliphatic rings. The monoisotopic (exact) mass is 341 g/mol. The molecule has 24 heavy (non-hydrogen) atoms. The maximum absolute atomic E-state index is 12.3. The Balaban J connectivity index is 0. The van der Waals surface area contributed by atoms with Gasteiger partial charge in [0.15, 0.2) is 6.10 Å². The van der Waals surface area contributed by atoms with Crippen molar-refractivity contribution in [2.45, 2.75) is 52.2 Å². The van der Waals surface area contributed by atoms with E-state index < -0.39 is 24.1 Å². The molecule has 6 nitrogen and oxygen atoms in total. The van der Waals surface area contributed by atoms with Crippen LogP contribution in [0.5, 0.6) is 0 Å². The lowest BCUT2D eigenvalue weighted by atomic mass is 10.1. The molecule has 1 rings (SSSR count). The van der Waals surface area contributed by atoms with E-state index >= 15 is 0 Å². The Kier molecular flexibility index (Phi) is 10.3. The van der Waals surface area contributed by atoms with Gasteiger partial charge in [-0.05, 0) is 25.3 Å². The van der Waals surface area contributed by atoms with Crippen molar-refractivity contribution in [3.8, 4) is 0 Å². The van der Waals surface area contributed by atoms with Crippen molar-refractivity contribution in [3.63, 3.8) is 0 Å². The topological polar surface area (TPSA) is 89.9 Å². The summed E-state index contributed by atoms with van der Waals surface area (Å²) >= 11 is 0. The first-order valence-corrected chi connectivity index (χ1v) is 7.43. The zero-order chi connectivity index (χ0) is 17.2. The van der Waals surface area contributed by atoms with Gasteiger partial charge in [-0.3, -0.25) is 4.79 Å². The van der Waals surface area contributed by atoms with Crippen LogP contribution in [0.1, 0.15) is 53.1 Å². The van der Waals surface area contributed by atoms with Gasteiger partial charge in [0.2, 0.25) is 0 Å². The number of ether oxygens (including phenoxy) is 2. The number of Topliss-reactive ketones (excluding diaryl/α,β-unsaturated/α-hetero) is 1. The predicted molar refractivity (Wildman–Crippen MR) is 91.7 cm³/mol. The van der Waals surface area contributed by atoms with E-state index in [0.717, 1.165) is 0 Å². The molecular weight excluding hydrogens is 312 g/mol. The van der Waals surface area contributed by atoms with Crippen LogP contribution in [-0.2, 0) is 23.9 Å². The minimum absolute atomic E-state index is 0. The maximum Gasteiger partial charge on any atom is 0.340 e. The molecule has 6 heteroatoms. The van der Waals surface area contributed by atoms with Crippen molar-refractivity contribution >= 4 is 17.7 Å². The molecule has 0 spiro atoms. The number of carboxylic acids is 1. The van der Waals surface area contributed by atoms with Crippen LogP contribution in [-0.4, -0.2) is 36.0 Å². The van der Waals surface area contributed by atoms with Crippen LogP contribution in [0.3, 0.4) is 0 Å². The quantitative estimate of drug-likeness (QED) is 0.656. The first kappa shape index (κ1) is 21.8. The van der Waals surface area contributed by atoms with Crippen molar-refractivity contribution in [2.24, 2.45) is 0 Å². The Labute approximate surface area is 144 Å². The number of hydrogen-bond acceptors (Lipinski definition) is 5. The molecule has 0 aliphatic heterocycles. The lowest BCUT2D eigenvalue weighted by Crippen LogP contribution is -2.26. The number of carboxylic acid groups (broad SMARTS) is 1. The standard InChI is InChI=1S/C17H22O6.CH4.H2/c1-12(18)7-6-10-14(11-15(19)20)23-17(21)16(22-2)13-8-4-3-5-9-13;;/h3-5,8-9,14,16H,6-7,10-11H2,1-2H3,(H,19,20);1H4;1H/i;;1+1. The third-order valence-corrected chi connectivity index (χ3v) is 3.29. The molecular formula is C18H28O6. The van der Waals surface area contributed by atoms with Gasteiger partial charge >= 0.3 is 11.9 Å². The molecule has 0 aliphatic carbocycles. The van der Waals surface area contributed by atoms with Gasteiger partial charge in [0, 0.05) is 15.0 Å². The highest BCUT2D eigenvalue weighted by Gasteiger charge is 2.26. The Bertz CT molecular complexity index is 532. The molecule has 0 heterocycles. The van der Waals surface area contributed by atoms with Crippen molar-refractivity contribution in [3.05, 3.63) is 35.9 Å². The predicted octanol–water partition coefficient (Wildman–Crippen LogP) is 3.40. The van der Waals surface area contributed by atoms with E-state index in [1.165, 1.54) is 14.0 Å². The van der Waals surface area contributed by atoms with Gasteiger partial charge in [-0.2, -0.15) is 0 Å². The highest BCUT2D eigenvalue weighted by atomic mass is 16.6. The van der Waals surface area contributed by atoms with Crippen LogP contribution in [0.2, 0.25) is 0 Å². The highest BCUT2D eigenvalue weighted by molar-refractivity contribution is 5.77. The molecule has 1 N–H and O–H groups in total. The zero-order valence-electron chi connectivity index (χ0n) is 13.4. The van der Waals surface area contributed by atoms with E-state index in [1.807, 2.05) is 6.07 Å². The lowest BCUT2D eigenvalue weighted by Gasteiger charge is -2.20. The summed E-state index contributed by atoms with van der Waals surface area (Å²) in [5.41, 5.74) is 0.637. The third-order valence-electron chi connectivity index (χ3n) is 3.29. The fourth-order valence-corrected chi connectivity index (χ4v) is 2.20. The Morgan fingerprint density at radius 1 is 1.21 bits per heavy atom. The van der Waals surface area contributed by atoms with Crippen molar-refractivity contribution < 1.29 is 30.4 Å². The van der Waals surface area contributed by atoms with E-state index in [9.17, 15) is 14.4 Å². The SMILES string of the molecule is C.COC(C(=O)OC(CCCC(C)=O)CC(=O)O)c1ccccc1.[2HH]. The molecule has 2 atom stereocenters. The number of methoxy groups -OCH3 is 1. The number of carbonyl (C=O) groups is 3. The molecule has 0 bridgehead atoms. The molecule has 1 aromatic carbocycles. The summed E-state index contributed by atoms with van der Waals surface area (Å²) in [6, 6.07) is 8.83. The van der Waals surface area contributed by atoms with E-state index in [1.54, 1.807) is 24.3 Å². The van der Waals surface area contributed by atoms with Crippen LogP contribution < -0.4 is 0 Å². The first-order valence-electron chi connectivity index (χ1n) is 7.43. The Morgan fingerprint density at radius 2 is 1.83 bits per heavy atom. The fraction of sp³-hybridized carbons (Fsp3) is 0.500. The molecule has 136 valence electrons. The normalized spacial score (nSPS) is 12.6. The Morgan fingerprint density at radius 3 is 2.33 bits per heavy atom. The third kappa shape index (κ3) is 7.87. The van der Waals surface area contributed by atoms with Crippen LogP contribution in [0.15, 0.2) is 30.3 Å². The molecule has 1 aromatic rings. The average Bonchev–Trinajstić information content (AvgIpc) is 2.48. The second kappa shape index (κ2) is 11.3. The number of ketones is 1. The van der Waals surface area contributed by atoms with E-state index in [0.29, 0.717) is 24.8 Å². The van der Waals surface area contributed by atoms with Gasteiger partial charge in [-0.15, -0.1) is 0 Å². The molecule has 0 amide bonds. The largest absolute Gasteiger partial charge is 0.481 e. The van der Waals surface area contributed by atoms with E-state index in [2.05, 4.69) is 0 Å². The number of carbonyl (C=O) groups excluding carboxylic acids is 2. The summed E-state index contributed by atoms with van der Waals surface area (Å²) in [7, 11) is 1.39. The van der Waals surface area contributed by atoms with Gasteiger partial charge in [0.05, 0.1) is 6.42 Å². The van der Waals surface area contributed by atoms with Crippen molar-refractivity contribution in [2.75, 3.05) is 7.11 Å². The highest BCUT2D eigenvalue weighted by Crippen LogP contribution is 2.20.